The van der Waals surface area contributed by atoms with Crippen molar-refractivity contribution in [3.05, 3.63) is 60.7 Å². The first-order valence-electron chi connectivity index (χ1n) is 5.92. The highest BCUT2D eigenvalue weighted by Gasteiger charge is 2.30. The van der Waals surface area contributed by atoms with E-state index in [0.717, 1.165) is 5.69 Å². The van der Waals surface area contributed by atoms with Gasteiger partial charge >= 0.3 is 0 Å². The van der Waals surface area contributed by atoms with Gasteiger partial charge in [0.05, 0.1) is 5.69 Å². The number of aromatic nitrogens is 3. The van der Waals surface area contributed by atoms with Gasteiger partial charge in [0.25, 0.3) is 0 Å². The Labute approximate surface area is 109 Å². The van der Waals surface area contributed by atoms with Crippen LogP contribution in [0.4, 0.5) is 0 Å². The number of thioether (sulfide) groups is 1. The standard InChI is InChI=1S/C14H11N3S/c1-2-4-13-11(3-1)12-6-5-10(7-14(12)18-13)17-9-15-8-16-17/h1-9,11,13H. The number of hydrogen-bond donors (Lipinski definition) is 0. The largest absolute Gasteiger partial charge is 0.223 e. The molecular formula is C14H11N3S. The van der Waals surface area contributed by atoms with E-state index in [1.807, 2.05) is 11.8 Å². The smallest absolute Gasteiger partial charge is 0.138 e. The van der Waals surface area contributed by atoms with E-state index in [9.17, 15) is 0 Å². The van der Waals surface area contributed by atoms with E-state index in [0.29, 0.717) is 11.2 Å². The van der Waals surface area contributed by atoms with Gasteiger partial charge in [-0.1, -0.05) is 30.4 Å². The second kappa shape index (κ2) is 3.85. The van der Waals surface area contributed by atoms with Crippen molar-refractivity contribution in [3.8, 4) is 5.69 Å². The Hall–Kier alpha value is -1.81. The van der Waals surface area contributed by atoms with Crippen LogP contribution >= 0.6 is 11.8 Å². The molecule has 0 fully saturated rings. The minimum absolute atomic E-state index is 0.528. The molecule has 88 valence electrons. The Morgan fingerprint density at radius 2 is 2.11 bits per heavy atom. The normalized spacial score (nSPS) is 24.0. The molecule has 1 aliphatic carbocycles. The highest BCUT2D eigenvalue weighted by Crippen LogP contribution is 2.48. The zero-order valence-corrected chi connectivity index (χ0v) is 10.4. The summed E-state index contributed by atoms with van der Waals surface area (Å²) in [6, 6.07) is 6.53. The van der Waals surface area contributed by atoms with Crippen LogP contribution < -0.4 is 0 Å². The van der Waals surface area contributed by atoms with Crippen molar-refractivity contribution in [1.29, 1.82) is 0 Å². The fraction of sp³-hybridized carbons (Fsp3) is 0.143. The van der Waals surface area contributed by atoms with Gasteiger partial charge in [-0.2, -0.15) is 5.10 Å². The minimum Gasteiger partial charge on any atom is -0.223 e. The number of allylic oxidation sites excluding steroid dienone is 3. The van der Waals surface area contributed by atoms with Gasteiger partial charge in [-0.3, -0.25) is 0 Å². The fourth-order valence-corrected chi connectivity index (χ4v) is 3.89. The second-order valence-corrected chi connectivity index (χ2v) is 5.66. The maximum absolute atomic E-state index is 4.17. The first-order chi connectivity index (χ1) is 8.92. The van der Waals surface area contributed by atoms with Crippen molar-refractivity contribution >= 4 is 11.8 Å². The van der Waals surface area contributed by atoms with E-state index < -0.39 is 0 Å². The summed E-state index contributed by atoms with van der Waals surface area (Å²) in [5.41, 5.74) is 2.50. The number of fused-ring (bicyclic) bond motifs is 3. The quantitative estimate of drug-likeness (QED) is 0.783. The Kier molecular flexibility index (Phi) is 2.17. The molecule has 0 bridgehead atoms. The Balaban J connectivity index is 1.79. The van der Waals surface area contributed by atoms with Crippen LogP contribution in [0, 0.1) is 0 Å². The lowest BCUT2D eigenvalue weighted by Crippen LogP contribution is -2.06. The molecule has 1 aromatic carbocycles. The summed E-state index contributed by atoms with van der Waals surface area (Å²) in [6.45, 7) is 0. The Morgan fingerprint density at radius 3 is 3.00 bits per heavy atom. The van der Waals surface area contributed by atoms with Crippen LogP contribution in [0.3, 0.4) is 0 Å². The highest BCUT2D eigenvalue weighted by atomic mass is 32.2. The molecule has 0 spiro atoms. The summed E-state index contributed by atoms with van der Waals surface area (Å²) in [6.07, 6.45) is 12.1. The molecule has 0 N–H and O–H groups in total. The maximum atomic E-state index is 4.17. The van der Waals surface area contributed by atoms with Gasteiger partial charge < -0.3 is 0 Å². The van der Waals surface area contributed by atoms with Crippen LogP contribution in [0.15, 0.2) is 60.1 Å². The summed E-state index contributed by atoms with van der Waals surface area (Å²) in [7, 11) is 0. The fourth-order valence-electron chi connectivity index (χ4n) is 2.51. The van der Waals surface area contributed by atoms with Crippen LogP contribution in [0.5, 0.6) is 0 Å². The van der Waals surface area contributed by atoms with Crippen LogP contribution in [0.25, 0.3) is 5.69 Å². The van der Waals surface area contributed by atoms with Crippen LogP contribution in [-0.2, 0) is 0 Å². The number of benzene rings is 1. The molecule has 0 saturated heterocycles. The molecule has 0 amide bonds. The van der Waals surface area contributed by atoms with Gasteiger partial charge in [-0.15, -0.1) is 11.8 Å². The molecule has 0 saturated carbocycles. The van der Waals surface area contributed by atoms with Crippen LogP contribution in [-0.4, -0.2) is 20.0 Å². The van der Waals surface area contributed by atoms with E-state index >= 15 is 0 Å². The highest BCUT2D eigenvalue weighted by molar-refractivity contribution is 8.00. The minimum atomic E-state index is 0.528. The van der Waals surface area contributed by atoms with Crippen molar-refractivity contribution < 1.29 is 0 Å². The third kappa shape index (κ3) is 1.46. The zero-order valence-electron chi connectivity index (χ0n) is 9.60. The number of nitrogens with zero attached hydrogens (tertiary/aromatic N) is 3. The first kappa shape index (κ1) is 10.1. The lowest BCUT2D eigenvalue weighted by atomic mass is 9.92. The predicted octanol–water partition coefficient (Wildman–Crippen LogP) is 2.95. The molecule has 1 aliphatic heterocycles. The van der Waals surface area contributed by atoms with Crippen molar-refractivity contribution in [2.75, 3.05) is 0 Å². The average molecular weight is 253 g/mol. The molecule has 2 aliphatic rings. The molecule has 0 radical (unpaired) electrons. The van der Waals surface area contributed by atoms with Crippen molar-refractivity contribution in [2.45, 2.75) is 16.1 Å². The van der Waals surface area contributed by atoms with Crippen LogP contribution in [0.1, 0.15) is 11.5 Å². The van der Waals surface area contributed by atoms with E-state index in [2.05, 4.69) is 52.6 Å². The third-order valence-electron chi connectivity index (χ3n) is 3.39. The molecular weight excluding hydrogens is 242 g/mol. The molecule has 1 aromatic heterocycles. The number of hydrogen-bond acceptors (Lipinski definition) is 3. The van der Waals surface area contributed by atoms with Gasteiger partial charge in [0.15, 0.2) is 0 Å². The first-order valence-corrected chi connectivity index (χ1v) is 6.80. The molecule has 3 nitrogen and oxygen atoms in total. The van der Waals surface area contributed by atoms with Crippen molar-refractivity contribution in [1.82, 2.24) is 14.8 Å². The monoisotopic (exact) mass is 253 g/mol. The van der Waals surface area contributed by atoms with Gasteiger partial charge in [0, 0.05) is 16.1 Å². The average Bonchev–Trinajstić information content (AvgIpc) is 3.05. The van der Waals surface area contributed by atoms with Gasteiger partial charge in [0.1, 0.15) is 12.7 Å². The molecule has 4 heteroatoms. The van der Waals surface area contributed by atoms with E-state index in [-0.39, 0.29) is 0 Å². The Bertz CT molecular complexity index is 643. The lowest BCUT2D eigenvalue weighted by molar-refractivity contribution is 0.858. The third-order valence-corrected chi connectivity index (χ3v) is 4.72. The van der Waals surface area contributed by atoms with E-state index in [1.165, 1.54) is 10.5 Å². The maximum Gasteiger partial charge on any atom is 0.138 e. The molecule has 2 atom stereocenters. The molecule has 2 unspecified atom stereocenters. The molecule has 2 aromatic rings. The van der Waals surface area contributed by atoms with Gasteiger partial charge in [0.2, 0.25) is 0 Å². The van der Waals surface area contributed by atoms with Crippen molar-refractivity contribution in [2.24, 2.45) is 0 Å². The predicted molar refractivity (Wildman–Crippen MR) is 72.0 cm³/mol. The number of rotatable bonds is 1. The van der Waals surface area contributed by atoms with E-state index in [1.54, 1.807) is 17.3 Å². The molecule has 18 heavy (non-hydrogen) atoms. The molecule has 4 rings (SSSR count). The topological polar surface area (TPSA) is 30.7 Å². The summed E-state index contributed by atoms with van der Waals surface area (Å²) in [4.78, 5) is 5.34. The summed E-state index contributed by atoms with van der Waals surface area (Å²) in [5.74, 6) is 0.528. The lowest BCUT2D eigenvalue weighted by Gasteiger charge is -2.14. The Morgan fingerprint density at radius 1 is 1.17 bits per heavy atom. The van der Waals surface area contributed by atoms with E-state index in [4.69, 9.17) is 0 Å². The summed E-state index contributed by atoms with van der Waals surface area (Å²) < 4.78 is 1.80. The summed E-state index contributed by atoms with van der Waals surface area (Å²) in [5, 5.41) is 4.72. The SMILES string of the molecule is C1=CC2Sc3cc(-n4cncn4)ccc3C2C=C1. The second-order valence-electron chi connectivity index (χ2n) is 4.44. The van der Waals surface area contributed by atoms with Crippen molar-refractivity contribution in [3.63, 3.8) is 0 Å². The van der Waals surface area contributed by atoms with Gasteiger partial charge in [-0.05, 0) is 17.7 Å². The van der Waals surface area contributed by atoms with Gasteiger partial charge in [-0.25, -0.2) is 9.67 Å². The summed E-state index contributed by atoms with van der Waals surface area (Å²) >= 11 is 1.93. The van der Waals surface area contributed by atoms with Crippen LogP contribution in [0.2, 0.25) is 0 Å². The molecule has 2 heterocycles. The zero-order chi connectivity index (χ0) is 11.9.